The fourth-order valence-electron chi connectivity index (χ4n) is 9.75. The number of unbranched alkanes of at least 4 members (excludes halogenated alkanes) is 9. The first-order valence-corrected chi connectivity index (χ1v) is 21.3. The Kier molecular flexibility index (Phi) is 11.0. The first kappa shape index (κ1) is 36.9. The van der Waals surface area contributed by atoms with E-state index in [4.69, 9.17) is 0 Å². The summed E-state index contributed by atoms with van der Waals surface area (Å²) in [5.74, 6) is 0. The van der Waals surface area contributed by atoms with E-state index in [9.17, 15) is 0 Å². The van der Waals surface area contributed by atoms with Crippen LogP contribution in [0.4, 0.5) is 0 Å². The highest BCUT2D eigenvalue weighted by Crippen LogP contribution is 2.56. The van der Waals surface area contributed by atoms with Gasteiger partial charge in [-0.3, -0.25) is 0 Å². The van der Waals surface area contributed by atoms with Crippen molar-refractivity contribution < 1.29 is 0 Å². The van der Waals surface area contributed by atoms with Gasteiger partial charge in [0.25, 0.3) is 0 Å². The van der Waals surface area contributed by atoms with Gasteiger partial charge in [-0.25, -0.2) is 0 Å². The van der Waals surface area contributed by atoms with Crippen LogP contribution in [0.25, 0.3) is 44.5 Å². The van der Waals surface area contributed by atoms with Gasteiger partial charge in [0.15, 0.2) is 0 Å². The van der Waals surface area contributed by atoms with Gasteiger partial charge in [0.1, 0.15) is 0 Å². The Morgan fingerprint density at radius 2 is 0.865 bits per heavy atom. The molecule has 1 atom stereocenters. The van der Waals surface area contributed by atoms with Gasteiger partial charge in [-0.2, -0.15) is 0 Å². The Hall–Kier alpha value is -3.42. The maximum atomic E-state index is 3.77. The molecule has 0 spiro atoms. The molecule has 0 N–H and O–H groups in total. The molecule has 0 nitrogen and oxygen atoms in total. The molecule has 0 amide bonds. The van der Waals surface area contributed by atoms with Crippen molar-refractivity contribution in [3.63, 3.8) is 0 Å². The van der Waals surface area contributed by atoms with Crippen molar-refractivity contribution in [1.82, 2.24) is 0 Å². The van der Waals surface area contributed by atoms with E-state index in [2.05, 4.69) is 148 Å². The zero-order valence-electron chi connectivity index (χ0n) is 32.7. The SMILES string of the molecule is CCCCCCCCC1(CCCCCCC)c2ccccc2-c2ccc(-c3ccc4c(c3)C(C)(C)c3cc(-c5cc(C)c(Br)c(C)c5)ccc3-4)cc21. The first-order chi connectivity index (χ1) is 25.2. The largest absolute Gasteiger partial charge is 0.0654 e. The first-order valence-electron chi connectivity index (χ1n) is 20.5. The number of aryl methyl sites for hydroxylation is 2. The topological polar surface area (TPSA) is 0 Å². The van der Waals surface area contributed by atoms with Gasteiger partial charge >= 0.3 is 0 Å². The van der Waals surface area contributed by atoms with Crippen molar-refractivity contribution in [3.8, 4) is 44.5 Å². The molecule has 7 rings (SSSR count). The summed E-state index contributed by atoms with van der Waals surface area (Å²) in [7, 11) is 0. The summed E-state index contributed by atoms with van der Waals surface area (Å²) >= 11 is 3.77. The highest BCUT2D eigenvalue weighted by Gasteiger charge is 2.42. The third kappa shape index (κ3) is 6.77. The molecule has 0 saturated carbocycles. The fourth-order valence-corrected chi connectivity index (χ4v) is 9.97. The summed E-state index contributed by atoms with van der Waals surface area (Å²) in [6.45, 7) is 13.9. The molecule has 1 heteroatoms. The van der Waals surface area contributed by atoms with Crippen LogP contribution >= 0.6 is 15.9 Å². The standard InChI is InChI=1S/C51H59Br/c1-7-9-11-13-15-19-29-51(28-18-14-12-10-8-2)45-21-17-16-20-41(45)44-27-23-38(34-48(44)51)37-22-25-42-43-26-24-39(33-47(43)50(5,6)46(42)32-37)40-30-35(3)49(52)36(4)31-40/h16-17,20-27,30-34H,7-15,18-19,28-29H2,1-6H3. The van der Waals surface area contributed by atoms with Gasteiger partial charge in [0.2, 0.25) is 0 Å². The highest BCUT2D eigenvalue weighted by atomic mass is 79.9. The molecule has 0 fully saturated rings. The molecular formula is C51H59Br. The average molecular weight is 752 g/mol. The summed E-state index contributed by atoms with van der Waals surface area (Å²) < 4.78 is 1.21. The Labute approximate surface area is 323 Å². The van der Waals surface area contributed by atoms with Crippen LogP contribution in [0.5, 0.6) is 0 Å². The number of hydrogen-bond donors (Lipinski definition) is 0. The molecule has 52 heavy (non-hydrogen) atoms. The van der Waals surface area contributed by atoms with E-state index in [1.165, 1.54) is 155 Å². The molecule has 0 aliphatic heterocycles. The summed E-state index contributed by atoms with van der Waals surface area (Å²) in [4.78, 5) is 0. The lowest BCUT2D eigenvalue weighted by Gasteiger charge is -2.33. The summed E-state index contributed by atoms with van der Waals surface area (Å²) in [6.07, 6.45) is 17.2. The van der Waals surface area contributed by atoms with Gasteiger partial charge in [-0.15, -0.1) is 0 Å². The summed E-state index contributed by atoms with van der Waals surface area (Å²) in [5.41, 5.74) is 19.6. The van der Waals surface area contributed by atoms with Crippen LogP contribution in [0.2, 0.25) is 0 Å². The zero-order valence-corrected chi connectivity index (χ0v) is 34.3. The van der Waals surface area contributed by atoms with Crippen molar-refractivity contribution in [2.75, 3.05) is 0 Å². The van der Waals surface area contributed by atoms with E-state index in [0.717, 1.165) is 0 Å². The maximum absolute atomic E-state index is 3.77. The number of fused-ring (bicyclic) bond motifs is 6. The van der Waals surface area contributed by atoms with Crippen molar-refractivity contribution in [2.45, 2.75) is 136 Å². The lowest BCUT2D eigenvalue weighted by Crippen LogP contribution is -2.25. The van der Waals surface area contributed by atoms with Crippen LogP contribution in [-0.4, -0.2) is 0 Å². The maximum Gasteiger partial charge on any atom is 0.0234 e. The summed E-state index contributed by atoms with van der Waals surface area (Å²) in [5, 5.41) is 0. The smallest absolute Gasteiger partial charge is 0.0234 e. The minimum Gasteiger partial charge on any atom is -0.0654 e. The van der Waals surface area contributed by atoms with Gasteiger partial charge in [0, 0.05) is 15.3 Å². The van der Waals surface area contributed by atoms with Gasteiger partial charge in [-0.05, 0) is 123 Å². The van der Waals surface area contributed by atoms with Crippen molar-refractivity contribution in [1.29, 1.82) is 0 Å². The molecule has 2 aliphatic carbocycles. The Balaban J connectivity index is 1.24. The predicted octanol–water partition coefficient (Wildman–Crippen LogP) is 16.1. The molecule has 0 heterocycles. The van der Waals surface area contributed by atoms with E-state index in [-0.39, 0.29) is 10.8 Å². The van der Waals surface area contributed by atoms with E-state index in [1.54, 1.807) is 11.1 Å². The number of rotatable bonds is 15. The van der Waals surface area contributed by atoms with E-state index >= 15 is 0 Å². The fraction of sp³-hybridized carbons (Fsp3) is 0.412. The van der Waals surface area contributed by atoms with Crippen LogP contribution in [0.3, 0.4) is 0 Å². The van der Waals surface area contributed by atoms with Crippen molar-refractivity contribution >= 4 is 15.9 Å². The molecular weight excluding hydrogens is 692 g/mol. The lowest BCUT2D eigenvalue weighted by molar-refractivity contribution is 0.398. The molecule has 0 radical (unpaired) electrons. The molecule has 2 aliphatic rings. The lowest BCUT2D eigenvalue weighted by atomic mass is 9.70. The molecule has 1 unspecified atom stereocenters. The molecule has 0 bridgehead atoms. The Bertz CT molecular complexity index is 2040. The molecule has 270 valence electrons. The predicted molar refractivity (Wildman–Crippen MR) is 230 cm³/mol. The van der Waals surface area contributed by atoms with Crippen LogP contribution in [0, 0.1) is 13.8 Å². The average Bonchev–Trinajstić information content (AvgIpc) is 3.55. The molecule has 0 saturated heterocycles. The third-order valence-corrected chi connectivity index (χ3v) is 14.0. The van der Waals surface area contributed by atoms with E-state index < -0.39 is 0 Å². The van der Waals surface area contributed by atoms with Crippen molar-refractivity contribution in [3.05, 3.63) is 129 Å². The normalized spacial score (nSPS) is 16.4. The third-order valence-electron chi connectivity index (χ3n) is 12.7. The monoisotopic (exact) mass is 750 g/mol. The second-order valence-corrected chi connectivity index (χ2v) is 17.4. The molecule has 5 aromatic carbocycles. The van der Waals surface area contributed by atoms with Crippen molar-refractivity contribution in [2.24, 2.45) is 0 Å². The van der Waals surface area contributed by atoms with Crippen LogP contribution in [0.1, 0.15) is 145 Å². The minimum atomic E-state index is -0.0802. The van der Waals surface area contributed by atoms with Gasteiger partial charge in [0.05, 0.1) is 0 Å². The number of hydrogen-bond acceptors (Lipinski definition) is 0. The van der Waals surface area contributed by atoms with E-state index in [0.29, 0.717) is 0 Å². The Morgan fingerprint density at radius 3 is 1.40 bits per heavy atom. The second kappa shape index (κ2) is 15.5. The Morgan fingerprint density at radius 1 is 0.442 bits per heavy atom. The van der Waals surface area contributed by atoms with Gasteiger partial charge < -0.3 is 0 Å². The molecule has 5 aromatic rings. The number of halogens is 1. The number of benzene rings is 5. The highest BCUT2D eigenvalue weighted by molar-refractivity contribution is 9.10. The second-order valence-electron chi connectivity index (χ2n) is 16.6. The zero-order chi connectivity index (χ0) is 36.5. The molecule has 0 aromatic heterocycles. The summed E-state index contributed by atoms with van der Waals surface area (Å²) in [6, 6.07) is 36.0. The van der Waals surface area contributed by atoms with Gasteiger partial charge in [-0.1, -0.05) is 187 Å². The van der Waals surface area contributed by atoms with Crippen LogP contribution in [0.15, 0.2) is 95.5 Å². The van der Waals surface area contributed by atoms with Crippen LogP contribution < -0.4 is 0 Å². The van der Waals surface area contributed by atoms with Crippen LogP contribution in [-0.2, 0) is 10.8 Å². The van der Waals surface area contributed by atoms with E-state index in [1.807, 2.05) is 0 Å². The quantitative estimate of drug-likeness (QED) is 0.0935. The minimum absolute atomic E-state index is 0.0802.